The van der Waals surface area contributed by atoms with Gasteiger partial charge < -0.3 is 19.7 Å². The van der Waals surface area contributed by atoms with Gasteiger partial charge in [0.2, 0.25) is 0 Å². The van der Waals surface area contributed by atoms with E-state index in [9.17, 15) is 8.42 Å². The van der Waals surface area contributed by atoms with Gasteiger partial charge in [0.25, 0.3) is 0 Å². The lowest BCUT2D eigenvalue weighted by Gasteiger charge is -1.95. The summed E-state index contributed by atoms with van der Waals surface area (Å²) in [5.74, 6) is 0. The highest BCUT2D eigenvalue weighted by atomic mass is 32.3. The second kappa shape index (κ2) is 22.0. The lowest BCUT2D eigenvalue weighted by Crippen LogP contribution is -2.04. The first-order valence-corrected chi connectivity index (χ1v) is 8.24. The van der Waals surface area contributed by atoms with Crippen molar-refractivity contribution in [2.45, 2.75) is 33.6 Å². The van der Waals surface area contributed by atoms with Crippen molar-refractivity contribution in [1.82, 2.24) is 0 Å². The van der Waals surface area contributed by atoms with Crippen LogP contribution < -0.4 is 0 Å². The molecule has 0 aromatic rings. The smallest absolute Gasteiger partial charge is 0.394 e. The molecule has 0 spiro atoms. The summed E-state index contributed by atoms with van der Waals surface area (Å²) >= 11 is 0. The number of aliphatic hydroxyl groups excluding tert-OH is 2. The topological polar surface area (TPSA) is 123 Å². The van der Waals surface area contributed by atoms with Crippen LogP contribution in [-0.4, -0.2) is 69.4 Å². The minimum Gasteiger partial charge on any atom is -0.394 e. The Bertz CT molecular complexity index is 250. The Morgan fingerprint density at radius 3 is 1.57 bits per heavy atom. The van der Waals surface area contributed by atoms with Crippen LogP contribution in [0.1, 0.15) is 33.6 Å². The van der Waals surface area contributed by atoms with Crippen molar-refractivity contribution in [2.24, 2.45) is 0 Å². The van der Waals surface area contributed by atoms with Crippen molar-refractivity contribution in [3.8, 4) is 0 Å². The van der Waals surface area contributed by atoms with Crippen molar-refractivity contribution >= 4 is 10.4 Å². The van der Waals surface area contributed by atoms with Gasteiger partial charge in [-0.3, -0.25) is 4.55 Å². The summed E-state index contributed by atoms with van der Waals surface area (Å²) in [6, 6.07) is 0. The van der Waals surface area contributed by atoms with E-state index in [4.69, 9.17) is 19.5 Å². The number of rotatable bonds is 10. The number of unbranched alkanes of at least 4 members (excludes halogenated alkanes) is 1. The molecule has 0 saturated heterocycles. The van der Waals surface area contributed by atoms with Gasteiger partial charge in [0.05, 0.1) is 33.0 Å². The second-order valence-corrected chi connectivity index (χ2v) is 4.54. The maximum absolute atomic E-state index is 9.84. The fourth-order valence-electron chi connectivity index (χ4n) is 0.744. The predicted octanol–water partition coefficient (Wildman–Crippen LogP) is 0.636. The Kier molecular flexibility index (Phi) is 26.9. The van der Waals surface area contributed by atoms with E-state index in [2.05, 4.69) is 8.92 Å². The third kappa shape index (κ3) is 45.1. The predicted molar refractivity (Wildman–Crippen MR) is 79.6 cm³/mol. The molecule has 0 aliphatic rings. The van der Waals surface area contributed by atoms with Crippen LogP contribution >= 0.6 is 0 Å². The Morgan fingerprint density at radius 1 is 0.857 bits per heavy atom. The molecule has 0 fully saturated rings. The summed E-state index contributed by atoms with van der Waals surface area (Å²) in [5.41, 5.74) is 0. The van der Waals surface area contributed by atoms with Gasteiger partial charge in [0.1, 0.15) is 0 Å². The SMILES string of the molecule is CCCCOS(=O)(=O)O.CCOCC.OCCOCCO. The van der Waals surface area contributed by atoms with Gasteiger partial charge in [0, 0.05) is 13.2 Å². The number of hydrogen-bond acceptors (Lipinski definition) is 7. The Hall–Kier alpha value is -0.290. The average molecular weight is 334 g/mol. The van der Waals surface area contributed by atoms with E-state index in [1.165, 1.54) is 0 Å². The first-order chi connectivity index (χ1) is 9.89. The van der Waals surface area contributed by atoms with E-state index in [0.717, 1.165) is 19.6 Å². The quantitative estimate of drug-likeness (QED) is 0.393. The highest BCUT2D eigenvalue weighted by Gasteiger charge is 2.01. The van der Waals surface area contributed by atoms with Crippen LogP contribution in [0.25, 0.3) is 0 Å². The molecule has 8 nitrogen and oxygen atoms in total. The molecule has 0 unspecified atom stereocenters. The summed E-state index contributed by atoms with van der Waals surface area (Å²) in [6.07, 6.45) is 1.48. The minimum absolute atomic E-state index is 0.0278. The van der Waals surface area contributed by atoms with Crippen LogP contribution in [0.2, 0.25) is 0 Å². The van der Waals surface area contributed by atoms with E-state index in [0.29, 0.717) is 19.6 Å². The molecule has 0 aromatic heterocycles. The van der Waals surface area contributed by atoms with E-state index in [-0.39, 0.29) is 19.8 Å². The van der Waals surface area contributed by atoms with Crippen molar-refractivity contribution in [2.75, 3.05) is 46.2 Å². The zero-order valence-electron chi connectivity index (χ0n) is 13.2. The van der Waals surface area contributed by atoms with Gasteiger partial charge in [-0.05, 0) is 20.3 Å². The summed E-state index contributed by atoms with van der Waals surface area (Å²) in [6.45, 7) is 8.32. The van der Waals surface area contributed by atoms with Gasteiger partial charge in [-0.15, -0.1) is 0 Å². The standard InChI is InChI=1S/C4H10O4S.C4H10O3.C4H10O/c1-2-3-4-8-9(5,6)7;5-1-3-7-4-2-6;1-3-5-4-2/h2-4H2,1H3,(H,5,6,7);5-6H,1-4H2;3-4H2,1-2H3. The first kappa shape index (κ1) is 25.7. The first-order valence-electron chi connectivity index (χ1n) is 6.88. The zero-order chi connectivity index (χ0) is 17.0. The fraction of sp³-hybridized carbons (Fsp3) is 1.00. The molecule has 0 bridgehead atoms. The summed E-state index contributed by atoms with van der Waals surface area (Å²) in [7, 11) is -4.20. The van der Waals surface area contributed by atoms with E-state index < -0.39 is 10.4 Å². The minimum atomic E-state index is -4.20. The fourth-order valence-corrected chi connectivity index (χ4v) is 1.07. The third-order valence-corrected chi connectivity index (χ3v) is 2.07. The van der Waals surface area contributed by atoms with Crippen LogP contribution in [0.15, 0.2) is 0 Å². The van der Waals surface area contributed by atoms with Crippen LogP contribution in [0.4, 0.5) is 0 Å². The number of ether oxygens (including phenoxy) is 2. The summed E-state index contributed by atoms with van der Waals surface area (Å²) in [5, 5.41) is 16.2. The molecule has 0 rings (SSSR count). The van der Waals surface area contributed by atoms with Crippen molar-refractivity contribution < 1.29 is 36.8 Å². The highest BCUT2D eigenvalue weighted by molar-refractivity contribution is 7.80. The maximum Gasteiger partial charge on any atom is 0.397 e. The molecule has 9 heteroatoms. The lowest BCUT2D eigenvalue weighted by molar-refractivity contribution is 0.0650. The molecule has 3 N–H and O–H groups in total. The summed E-state index contributed by atoms with van der Waals surface area (Å²) < 4.78 is 41.1. The largest absolute Gasteiger partial charge is 0.397 e. The molecule has 132 valence electrons. The number of aliphatic hydroxyl groups is 2. The van der Waals surface area contributed by atoms with Gasteiger partial charge in [-0.1, -0.05) is 13.3 Å². The van der Waals surface area contributed by atoms with Crippen LogP contribution in [0.3, 0.4) is 0 Å². The number of hydrogen-bond donors (Lipinski definition) is 3. The van der Waals surface area contributed by atoms with Crippen molar-refractivity contribution in [3.05, 3.63) is 0 Å². The third-order valence-electron chi connectivity index (χ3n) is 1.61. The van der Waals surface area contributed by atoms with Crippen molar-refractivity contribution in [1.29, 1.82) is 0 Å². The molecular formula is C12H30O8S. The van der Waals surface area contributed by atoms with Crippen LogP contribution in [0.5, 0.6) is 0 Å². The zero-order valence-corrected chi connectivity index (χ0v) is 14.0. The van der Waals surface area contributed by atoms with Gasteiger partial charge >= 0.3 is 10.4 Å². The van der Waals surface area contributed by atoms with Gasteiger partial charge in [-0.2, -0.15) is 8.42 Å². The van der Waals surface area contributed by atoms with Crippen molar-refractivity contribution in [3.63, 3.8) is 0 Å². The Labute approximate surface area is 128 Å². The van der Waals surface area contributed by atoms with E-state index in [1.54, 1.807) is 0 Å². The average Bonchev–Trinajstić information content (AvgIpc) is 2.41. The van der Waals surface area contributed by atoms with Gasteiger partial charge in [0.15, 0.2) is 0 Å². The molecule has 21 heavy (non-hydrogen) atoms. The monoisotopic (exact) mass is 334 g/mol. The second-order valence-electron chi connectivity index (χ2n) is 3.44. The molecule has 0 heterocycles. The van der Waals surface area contributed by atoms with E-state index >= 15 is 0 Å². The molecule has 0 atom stereocenters. The van der Waals surface area contributed by atoms with E-state index in [1.807, 2.05) is 20.8 Å². The molecule has 0 radical (unpaired) electrons. The Balaban J connectivity index is -0.000000242. The maximum atomic E-state index is 9.84. The molecule has 0 amide bonds. The highest BCUT2D eigenvalue weighted by Crippen LogP contribution is 1.91. The summed E-state index contributed by atoms with van der Waals surface area (Å²) in [4.78, 5) is 0. The van der Waals surface area contributed by atoms with Crippen LogP contribution in [0, 0.1) is 0 Å². The molecular weight excluding hydrogens is 304 g/mol. The lowest BCUT2D eigenvalue weighted by atomic mass is 10.4. The molecule has 0 aliphatic carbocycles. The molecule has 0 aromatic carbocycles. The normalized spacial score (nSPS) is 10.2. The van der Waals surface area contributed by atoms with Crippen LogP contribution in [-0.2, 0) is 24.1 Å². The van der Waals surface area contributed by atoms with Gasteiger partial charge in [-0.25, -0.2) is 4.18 Å². The Morgan fingerprint density at radius 2 is 1.33 bits per heavy atom. The molecule has 0 aliphatic heterocycles. The molecule has 0 saturated carbocycles.